The van der Waals surface area contributed by atoms with E-state index in [4.69, 9.17) is 9.84 Å². The second-order valence-electron chi connectivity index (χ2n) is 5.44. The van der Waals surface area contributed by atoms with Crippen LogP contribution in [0.25, 0.3) is 0 Å². The lowest BCUT2D eigenvalue weighted by Gasteiger charge is -2.24. The minimum atomic E-state index is -0.558. The Kier molecular flexibility index (Phi) is 6.52. The van der Waals surface area contributed by atoms with Crippen LogP contribution in [0, 0.1) is 12.8 Å². The highest BCUT2D eigenvalue weighted by molar-refractivity contribution is 5.81. The molecule has 2 atom stereocenters. The van der Waals surface area contributed by atoms with Crippen LogP contribution in [0.3, 0.4) is 0 Å². The van der Waals surface area contributed by atoms with E-state index >= 15 is 0 Å². The largest absolute Gasteiger partial charge is 0.481 e. The van der Waals surface area contributed by atoms with E-state index < -0.39 is 6.10 Å². The Balaban J connectivity index is 2.55. The van der Waals surface area contributed by atoms with Gasteiger partial charge in [-0.2, -0.15) is 0 Å². The summed E-state index contributed by atoms with van der Waals surface area (Å²) in [6.45, 7) is 7.84. The molecule has 2 unspecified atom stereocenters. The maximum absolute atomic E-state index is 12.1. The van der Waals surface area contributed by atoms with Crippen LogP contribution in [-0.2, 0) is 4.79 Å². The number of rotatable bonds is 7. The summed E-state index contributed by atoms with van der Waals surface area (Å²) in [6.07, 6.45) is -0.00152. The zero-order valence-corrected chi connectivity index (χ0v) is 12.7. The number of ether oxygens (including phenoxy) is 1. The molecule has 2 N–H and O–H groups in total. The summed E-state index contributed by atoms with van der Waals surface area (Å²) in [5.41, 5.74) is 1.15. The van der Waals surface area contributed by atoms with Gasteiger partial charge in [0.25, 0.3) is 5.91 Å². The summed E-state index contributed by atoms with van der Waals surface area (Å²) in [6, 6.07) is 7.57. The third-order valence-corrected chi connectivity index (χ3v) is 3.28. The van der Waals surface area contributed by atoms with Gasteiger partial charge in [0.05, 0.1) is 0 Å². The summed E-state index contributed by atoms with van der Waals surface area (Å²) >= 11 is 0. The molecule has 112 valence electrons. The molecule has 1 rings (SSSR count). The first-order valence-electron chi connectivity index (χ1n) is 7.08. The van der Waals surface area contributed by atoms with Crippen LogP contribution in [0.5, 0.6) is 5.75 Å². The average Bonchev–Trinajstić information content (AvgIpc) is 2.40. The van der Waals surface area contributed by atoms with Crippen molar-refractivity contribution in [2.45, 2.75) is 46.3 Å². The number of aliphatic hydroxyl groups is 1. The first kappa shape index (κ1) is 16.5. The topological polar surface area (TPSA) is 58.6 Å². The second-order valence-corrected chi connectivity index (χ2v) is 5.44. The van der Waals surface area contributed by atoms with Crippen molar-refractivity contribution in [3.05, 3.63) is 29.8 Å². The predicted molar refractivity (Wildman–Crippen MR) is 79.7 cm³/mol. The SMILES string of the molecule is Cc1ccc(OC(C)C(=O)NC(CCO)C(C)C)cc1. The van der Waals surface area contributed by atoms with E-state index in [1.165, 1.54) is 0 Å². The molecule has 0 aliphatic rings. The number of amides is 1. The average molecular weight is 279 g/mol. The van der Waals surface area contributed by atoms with Gasteiger partial charge in [0.15, 0.2) is 6.10 Å². The molecule has 1 amide bonds. The Morgan fingerprint density at radius 3 is 2.35 bits per heavy atom. The minimum absolute atomic E-state index is 0.0310. The van der Waals surface area contributed by atoms with E-state index in [1.54, 1.807) is 6.92 Å². The number of carbonyl (C=O) groups is 1. The third kappa shape index (κ3) is 5.21. The number of benzene rings is 1. The fraction of sp³-hybridized carbons (Fsp3) is 0.562. The van der Waals surface area contributed by atoms with Gasteiger partial charge in [-0.05, 0) is 38.3 Å². The maximum atomic E-state index is 12.1. The number of aliphatic hydroxyl groups excluding tert-OH is 1. The van der Waals surface area contributed by atoms with E-state index in [2.05, 4.69) is 5.32 Å². The standard InChI is InChI=1S/C16H25NO3/c1-11(2)15(9-10-18)17-16(19)13(4)20-14-7-5-12(3)6-8-14/h5-8,11,13,15,18H,9-10H2,1-4H3,(H,17,19). The Hall–Kier alpha value is -1.55. The van der Waals surface area contributed by atoms with Crippen molar-refractivity contribution in [2.24, 2.45) is 5.92 Å². The Bertz CT molecular complexity index is 414. The van der Waals surface area contributed by atoms with Gasteiger partial charge >= 0.3 is 0 Å². The number of hydrogen-bond acceptors (Lipinski definition) is 3. The Morgan fingerprint density at radius 1 is 1.25 bits per heavy atom. The second kappa shape index (κ2) is 7.90. The van der Waals surface area contributed by atoms with E-state index in [-0.39, 0.29) is 24.5 Å². The normalized spacial score (nSPS) is 13.9. The van der Waals surface area contributed by atoms with Gasteiger partial charge in [0, 0.05) is 12.6 Å². The lowest BCUT2D eigenvalue weighted by Crippen LogP contribution is -2.45. The van der Waals surface area contributed by atoms with E-state index in [9.17, 15) is 4.79 Å². The summed E-state index contributed by atoms with van der Waals surface area (Å²) < 4.78 is 5.62. The lowest BCUT2D eigenvalue weighted by molar-refractivity contribution is -0.128. The molecule has 4 heteroatoms. The van der Waals surface area contributed by atoms with Crippen LogP contribution in [0.2, 0.25) is 0 Å². The van der Waals surface area contributed by atoms with Gasteiger partial charge in [-0.1, -0.05) is 31.5 Å². The molecule has 4 nitrogen and oxygen atoms in total. The molecule has 0 fully saturated rings. The van der Waals surface area contributed by atoms with E-state index in [0.29, 0.717) is 12.2 Å². The molecule has 0 heterocycles. The van der Waals surface area contributed by atoms with Crippen molar-refractivity contribution in [3.8, 4) is 5.75 Å². The van der Waals surface area contributed by atoms with Crippen LogP contribution in [0.15, 0.2) is 24.3 Å². The molecule has 0 aliphatic carbocycles. The minimum Gasteiger partial charge on any atom is -0.481 e. The van der Waals surface area contributed by atoms with Crippen molar-refractivity contribution in [1.82, 2.24) is 5.32 Å². The van der Waals surface area contributed by atoms with Crippen LogP contribution in [0.4, 0.5) is 0 Å². The fourth-order valence-electron chi connectivity index (χ4n) is 1.89. The molecule has 0 spiro atoms. The fourth-order valence-corrected chi connectivity index (χ4v) is 1.89. The summed E-state index contributed by atoms with van der Waals surface area (Å²) in [4.78, 5) is 12.1. The van der Waals surface area contributed by atoms with Gasteiger partial charge in [-0.25, -0.2) is 0 Å². The monoisotopic (exact) mass is 279 g/mol. The molecule has 0 radical (unpaired) electrons. The first-order chi connectivity index (χ1) is 9.43. The molecular weight excluding hydrogens is 254 g/mol. The van der Waals surface area contributed by atoms with Gasteiger partial charge in [-0.15, -0.1) is 0 Å². The first-order valence-corrected chi connectivity index (χ1v) is 7.08. The van der Waals surface area contributed by atoms with Crippen LogP contribution in [-0.4, -0.2) is 29.8 Å². The highest BCUT2D eigenvalue weighted by Gasteiger charge is 2.20. The number of carbonyl (C=O) groups excluding carboxylic acids is 1. The molecule has 0 aromatic heterocycles. The summed E-state index contributed by atoms with van der Waals surface area (Å²) in [5, 5.41) is 11.9. The quantitative estimate of drug-likeness (QED) is 0.805. The zero-order valence-electron chi connectivity index (χ0n) is 12.7. The third-order valence-electron chi connectivity index (χ3n) is 3.28. The van der Waals surface area contributed by atoms with Crippen molar-refractivity contribution < 1.29 is 14.6 Å². The Morgan fingerprint density at radius 2 is 1.85 bits per heavy atom. The van der Waals surface area contributed by atoms with Gasteiger partial charge in [0.1, 0.15) is 5.75 Å². The number of aryl methyl sites for hydroxylation is 1. The van der Waals surface area contributed by atoms with Gasteiger partial charge in [-0.3, -0.25) is 4.79 Å². The lowest BCUT2D eigenvalue weighted by atomic mass is 10.0. The highest BCUT2D eigenvalue weighted by atomic mass is 16.5. The Labute approximate surface area is 121 Å². The van der Waals surface area contributed by atoms with Gasteiger partial charge < -0.3 is 15.2 Å². The number of nitrogens with one attached hydrogen (secondary N) is 1. The van der Waals surface area contributed by atoms with Crippen molar-refractivity contribution in [1.29, 1.82) is 0 Å². The van der Waals surface area contributed by atoms with E-state index in [0.717, 1.165) is 5.56 Å². The molecule has 20 heavy (non-hydrogen) atoms. The van der Waals surface area contributed by atoms with Crippen LogP contribution in [0.1, 0.15) is 32.8 Å². The van der Waals surface area contributed by atoms with Crippen LogP contribution < -0.4 is 10.1 Å². The van der Waals surface area contributed by atoms with Crippen molar-refractivity contribution in [3.63, 3.8) is 0 Å². The smallest absolute Gasteiger partial charge is 0.261 e. The molecule has 0 saturated carbocycles. The molecule has 0 bridgehead atoms. The van der Waals surface area contributed by atoms with E-state index in [1.807, 2.05) is 45.0 Å². The summed E-state index contributed by atoms with van der Waals surface area (Å²) in [7, 11) is 0. The zero-order chi connectivity index (χ0) is 15.1. The molecule has 1 aromatic carbocycles. The van der Waals surface area contributed by atoms with Gasteiger partial charge in [0.2, 0.25) is 0 Å². The molecule has 1 aromatic rings. The molecule has 0 aliphatic heterocycles. The molecule has 0 saturated heterocycles. The highest BCUT2D eigenvalue weighted by Crippen LogP contribution is 2.14. The van der Waals surface area contributed by atoms with Crippen molar-refractivity contribution in [2.75, 3.05) is 6.61 Å². The summed E-state index contributed by atoms with van der Waals surface area (Å²) in [5.74, 6) is 0.803. The number of hydrogen-bond donors (Lipinski definition) is 2. The van der Waals surface area contributed by atoms with Crippen LogP contribution >= 0.6 is 0 Å². The van der Waals surface area contributed by atoms with Crippen molar-refractivity contribution >= 4 is 5.91 Å². The maximum Gasteiger partial charge on any atom is 0.261 e. The molecular formula is C16H25NO3. The predicted octanol–water partition coefficient (Wildman–Crippen LogP) is 2.29.